The number of rotatable bonds is 7. The zero-order chi connectivity index (χ0) is 19.7. The number of carbonyl (C=O) groups is 4. The maximum atomic E-state index is 13.0. The standard InChI is InChI=1S/C20H24N4O4/c25-16-7-6-15(18(26)23-16)24-19(27)14-5-1-4-13(17(14)20(24)28)11-21-8-2-3-12-9-22-10-12/h1,4-5,12,15,21-22H,2-3,6-11H2,(H,23,25,26). The lowest BCUT2D eigenvalue weighted by Crippen LogP contribution is -2.54. The molecule has 148 valence electrons. The zero-order valence-electron chi connectivity index (χ0n) is 15.6. The van der Waals surface area contributed by atoms with Crippen LogP contribution in [0.25, 0.3) is 0 Å². The Kier molecular flexibility index (Phi) is 5.23. The second-order valence-electron chi connectivity index (χ2n) is 7.63. The Hall–Kier alpha value is -2.58. The van der Waals surface area contributed by atoms with Crippen molar-refractivity contribution in [3.8, 4) is 0 Å². The number of hydrogen-bond acceptors (Lipinski definition) is 6. The molecule has 0 spiro atoms. The van der Waals surface area contributed by atoms with Crippen LogP contribution in [0.3, 0.4) is 0 Å². The maximum Gasteiger partial charge on any atom is 0.262 e. The van der Waals surface area contributed by atoms with Crippen LogP contribution in [-0.2, 0) is 16.1 Å². The molecule has 1 aromatic carbocycles. The molecule has 8 heteroatoms. The van der Waals surface area contributed by atoms with Gasteiger partial charge in [0.05, 0.1) is 11.1 Å². The van der Waals surface area contributed by atoms with Crippen molar-refractivity contribution >= 4 is 23.6 Å². The van der Waals surface area contributed by atoms with E-state index in [9.17, 15) is 19.2 Å². The number of nitrogens with zero attached hydrogens (tertiary/aromatic N) is 1. The number of hydrogen-bond donors (Lipinski definition) is 3. The number of amides is 4. The molecule has 1 atom stereocenters. The third-order valence-corrected chi connectivity index (χ3v) is 5.70. The minimum absolute atomic E-state index is 0.120. The highest BCUT2D eigenvalue weighted by Gasteiger charge is 2.45. The summed E-state index contributed by atoms with van der Waals surface area (Å²) < 4.78 is 0. The van der Waals surface area contributed by atoms with E-state index in [1.165, 1.54) is 6.42 Å². The lowest BCUT2D eigenvalue weighted by atomic mass is 9.97. The number of piperidine rings is 1. The Morgan fingerprint density at radius 1 is 1.11 bits per heavy atom. The van der Waals surface area contributed by atoms with E-state index in [0.717, 1.165) is 42.4 Å². The molecule has 0 aromatic heterocycles. The predicted molar refractivity (Wildman–Crippen MR) is 100 cm³/mol. The lowest BCUT2D eigenvalue weighted by molar-refractivity contribution is -0.136. The second-order valence-corrected chi connectivity index (χ2v) is 7.63. The molecule has 28 heavy (non-hydrogen) atoms. The van der Waals surface area contributed by atoms with Gasteiger partial charge < -0.3 is 10.6 Å². The van der Waals surface area contributed by atoms with Gasteiger partial charge in [-0.25, -0.2) is 0 Å². The fourth-order valence-electron chi connectivity index (χ4n) is 4.02. The van der Waals surface area contributed by atoms with E-state index in [4.69, 9.17) is 0 Å². The highest BCUT2D eigenvalue weighted by Crippen LogP contribution is 2.29. The van der Waals surface area contributed by atoms with Gasteiger partial charge in [0, 0.05) is 13.0 Å². The van der Waals surface area contributed by atoms with Gasteiger partial charge in [0.1, 0.15) is 6.04 Å². The minimum atomic E-state index is -0.929. The van der Waals surface area contributed by atoms with Gasteiger partial charge in [0.15, 0.2) is 0 Å². The van der Waals surface area contributed by atoms with Gasteiger partial charge in [0.25, 0.3) is 11.8 Å². The van der Waals surface area contributed by atoms with E-state index in [2.05, 4.69) is 16.0 Å². The molecule has 3 N–H and O–H groups in total. The van der Waals surface area contributed by atoms with Crippen LogP contribution in [0.5, 0.6) is 0 Å². The molecular weight excluding hydrogens is 360 g/mol. The highest BCUT2D eigenvalue weighted by atomic mass is 16.2. The largest absolute Gasteiger partial charge is 0.316 e. The van der Waals surface area contributed by atoms with E-state index in [0.29, 0.717) is 17.7 Å². The molecule has 2 saturated heterocycles. The molecule has 3 heterocycles. The van der Waals surface area contributed by atoms with Gasteiger partial charge >= 0.3 is 0 Å². The Balaban J connectivity index is 1.43. The zero-order valence-corrected chi connectivity index (χ0v) is 15.6. The van der Waals surface area contributed by atoms with Gasteiger partial charge in [-0.2, -0.15) is 0 Å². The second kappa shape index (κ2) is 7.81. The van der Waals surface area contributed by atoms with Crippen molar-refractivity contribution < 1.29 is 19.2 Å². The molecule has 2 fully saturated rings. The summed E-state index contributed by atoms with van der Waals surface area (Å²) in [4.78, 5) is 50.3. The number of nitrogens with one attached hydrogen (secondary N) is 3. The third kappa shape index (κ3) is 3.45. The first-order chi connectivity index (χ1) is 13.6. The van der Waals surface area contributed by atoms with Gasteiger partial charge in [-0.15, -0.1) is 0 Å². The topological polar surface area (TPSA) is 108 Å². The van der Waals surface area contributed by atoms with Crippen molar-refractivity contribution in [3.63, 3.8) is 0 Å². The Bertz CT molecular complexity index is 833. The molecule has 0 radical (unpaired) electrons. The quantitative estimate of drug-likeness (QED) is 0.457. The van der Waals surface area contributed by atoms with Crippen LogP contribution in [0.4, 0.5) is 0 Å². The molecule has 8 nitrogen and oxygen atoms in total. The van der Waals surface area contributed by atoms with Crippen molar-refractivity contribution in [3.05, 3.63) is 34.9 Å². The average molecular weight is 384 g/mol. The van der Waals surface area contributed by atoms with E-state index in [-0.39, 0.29) is 18.7 Å². The molecule has 0 saturated carbocycles. The Labute approximate surface area is 163 Å². The summed E-state index contributed by atoms with van der Waals surface area (Å²) in [6.07, 6.45) is 2.53. The molecule has 0 aliphatic carbocycles. The number of fused-ring (bicyclic) bond motifs is 1. The molecule has 4 rings (SSSR count). The van der Waals surface area contributed by atoms with Crippen LogP contribution in [0.2, 0.25) is 0 Å². The van der Waals surface area contributed by atoms with Gasteiger partial charge in [-0.1, -0.05) is 12.1 Å². The summed E-state index contributed by atoms with van der Waals surface area (Å²) in [5.74, 6) is -1.11. The Morgan fingerprint density at radius 2 is 1.93 bits per heavy atom. The summed E-state index contributed by atoms with van der Waals surface area (Å²) in [5.41, 5.74) is 1.46. The smallest absolute Gasteiger partial charge is 0.262 e. The monoisotopic (exact) mass is 384 g/mol. The van der Waals surface area contributed by atoms with E-state index in [1.807, 2.05) is 6.07 Å². The predicted octanol–water partition coefficient (Wildman–Crippen LogP) is 0.177. The summed E-state index contributed by atoms with van der Waals surface area (Å²) in [5, 5.41) is 8.83. The van der Waals surface area contributed by atoms with Crippen LogP contribution >= 0.6 is 0 Å². The van der Waals surface area contributed by atoms with Crippen molar-refractivity contribution in [2.24, 2.45) is 5.92 Å². The van der Waals surface area contributed by atoms with Crippen LogP contribution < -0.4 is 16.0 Å². The first-order valence-corrected chi connectivity index (χ1v) is 9.81. The molecule has 3 aliphatic rings. The molecule has 1 aromatic rings. The number of benzene rings is 1. The summed E-state index contributed by atoms with van der Waals surface area (Å²) in [6, 6.07) is 4.28. The lowest BCUT2D eigenvalue weighted by Gasteiger charge is -2.27. The highest BCUT2D eigenvalue weighted by molar-refractivity contribution is 6.24. The van der Waals surface area contributed by atoms with E-state index in [1.54, 1.807) is 12.1 Å². The van der Waals surface area contributed by atoms with Crippen molar-refractivity contribution in [1.29, 1.82) is 0 Å². The fourth-order valence-corrected chi connectivity index (χ4v) is 4.02. The van der Waals surface area contributed by atoms with Gasteiger partial charge in [-0.3, -0.25) is 29.4 Å². The molecule has 0 bridgehead atoms. The Morgan fingerprint density at radius 3 is 2.64 bits per heavy atom. The number of carbonyl (C=O) groups excluding carboxylic acids is 4. The molecular formula is C20H24N4O4. The van der Waals surface area contributed by atoms with Crippen molar-refractivity contribution in [2.75, 3.05) is 19.6 Å². The molecule has 1 unspecified atom stereocenters. The molecule has 3 aliphatic heterocycles. The molecule has 4 amide bonds. The number of imide groups is 2. The van der Waals surface area contributed by atoms with Crippen LogP contribution in [0.1, 0.15) is 52.0 Å². The summed E-state index contributed by atoms with van der Waals surface area (Å²) >= 11 is 0. The van der Waals surface area contributed by atoms with Gasteiger partial charge in [-0.05, 0) is 56.4 Å². The van der Waals surface area contributed by atoms with Gasteiger partial charge in [0.2, 0.25) is 11.8 Å². The maximum absolute atomic E-state index is 13.0. The normalized spacial score (nSPS) is 22.3. The summed E-state index contributed by atoms with van der Waals surface area (Å²) in [6.45, 7) is 3.53. The van der Waals surface area contributed by atoms with Crippen molar-refractivity contribution in [2.45, 2.75) is 38.3 Å². The summed E-state index contributed by atoms with van der Waals surface area (Å²) in [7, 11) is 0. The van der Waals surface area contributed by atoms with Crippen molar-refractivity contribution in [1.82, 2.24) is 20.9 Å². The average Bonchev–Trinajstić information content (AvgIpc) is 2.88. The SMILES string of the molecule is O=C1CCC(N2C(=O)c3cccc(CNCCCC4CNC4)c3C2=O)C(=O)N1. The van der Waals surface area contributed by atoms with Crippen LogP contribution in [0, 0.1) is 5.92 Å². The van der Waals surface area contributed by atoms with Crippen LogP contribution in [0.15, 0.2) is 18.2 Å². The van der Waals surface area contributed by atoms with E-state index < -0.39 is 23.8 Å². The fraction of sp³-hybridized carbons (Fsp3) is 0.500. The first-order valence-electron chi connectivity index (χ1n) is 9.81. The van der Waals surface area contributed by atoms with E-state index >= 15 is 0 Å². The first kappa shape index (κ1) is 18.8. The minimum Gasteiger partial charge on any atom is -0.316 e. The van der Waals surface area contributed by atoms with Crippen LogP contribution in [-0.4, -0.2) is 54.2 Å². The third-order valence-electron chi connectivity index (χ3n) is 5.70.